The summed E-state index contributed by atoms with van der Waals surface area (Å²) >= 11 is 0. The van der Waals surface area contributed by atoms with Crippen molar-refractivity contribution in [2.24, 2.45) is 0 Å². The lowest BCUT2D eigenvalue weighted by Gasteiger charge is -2.14. The molecule has 0 unspecified atom stereocenters. The molecule has 0 saturated heterocycles. The third kappa shape index (κ3) is 6.82. The lowest BCUT2D eigenvalue weighted by molar-refractivity contribution is -0.132. The SMILES string of the molecule is C=C(C)C(=O)Oc1ccc(-c2ccc3c(ccc4cc(OC(=O)C(=C)C)c(OC(=O)C(=C)C)cc43)c2)cc1OC(=O)C(=C)C. The van der Waals surface area contributed by atoms with Gasteiger partial charge in [-0.15, -0.1) is 0 Å². The Hall–Kier alpha value is -5.76. The van der Waals surface area contributed by atoms with E-state index in [0.29, 0.717) is 5.56 Å². The van der Waals surface area contributed by atoms with E-state index in [1.54, 1.807) is 24.3 Å². The molecule has 44 heavy (non-hydrogen) atoms. The minimum atomic E-state index is -0.670. The second kappa shape index (κ2) is 12.6. The first-order valence-electron chi connectivity index (χ1n) is 13.4. The van der Waals surface area contributed by atoms with E-state index in [1.807, 2.05) is 30.3 Å². The van der Waals surface area contributed by atoms with Crippen molar-refractivity contribution in [2.45, 2.75) is 27.7 Å². The molecule has 0 aliphatic carbocycles. The molecule has 0 fully saturated rings. The Bertz CT molecular complexity index is 1940. The molecule has 0 aliphatic rings. The molecule has 8 heteroatoms. The first-order chi connectivity index (χ1) is 20.7. The monoisotopic (exact) mass is 590 g/mol. The Labute approximate surface area is 254 Å². The lowest BCUT2D eigenvalue weighted by Crippen LogP contribution is -2.12. The number of hydrogen-bond donors (Lipinski definition) is 0. The molecule has 0 radical (unpaired) electrons. The number of carbonyl (C=O) groups is 4. The average molecular weight is 591 g/mol. The first-order valence-corrected chi connectivity index (χ1v) is 13.4. The van der Waals surface area contributed by atoms with Crippen LogP contribution in [0.1, 0.15) is 27.7 Å². The van der Waals surface area contributed by atoms with Crippen molar-refractivity contribution in [3.05, 3.63) is 109 Å². The van der Waals surface area contributed by atoms with Gasteiger partial charge in [-0.2, -0.15) is 0 Å². The maximum absolute atomic E-state index is 12.4. The number of fused-ring (bicyclic) bond motifs is 3. The predicted molar refractivity (Wildman–Crippen MR) is 169 cm³/mol. The largest absolute Gasteiger partial charge is 0.419 e. The molecular formula is C36H30O8. The lowest BCUT2D eigenvalue weighted by atomic mass is 9.97. The van der Waals surface area contributed by atoms with E-state index >= 15 is 0 Å². The van der Waals surface area contributed by atoms with Crippen LogP contribution < -0.4 is 18.9 Å². The summed E-state index contributed by atoms with van der Waals surface area (Å²) in [7, 11) is 0. The highest BCUT2D eigenvalue weighted by atomic mass is 16.6. The summed E-state index contributed by atoms with van der Waals surface area (Å²) in [5, 5.41) is 3.16. The van der Waals surface area contributed by atoms with E-state index in [2.05, 4.69) is 26.3 Å². The summed E-state index contributed by atoms with van der Waals surface area (Å²) in [5.41, 5.74) is 2.20. The number of esters is 4. The molecule has 0 N–H and O–H groups in total. The van der Waals surface area contributed by atoms with Gasteiger partial charge in [-0.1, -0.05) is 56.6 Å². The molecule has 4 aromatic carbocycles. The fourth-order valence-corrected chi connectivity index (χ4v) is 4.01. The zero-order chi connectivity index (χ0) is 32.3. The van der Waals surface area contributed by atoms with Crippen LogP contribution in [0.3, 0.4) is 0 Å². The van der Waals surface area contributed by atoms with Crippen molar-refractivity contribution in [1.82, 2.24) is 0 Å². The van der Waals surface area contributed by atoms with E-state index in [1.165, 1.54) is 33.8 Å². The summed E-state index contributed by atoms with van der Waals surface area (Å²) in [6, 6.07) is 17.6. The van der Waals surface area contributed by atoms with E-state index in [9.17, 15) is 19.2 Å². The van der Waals surface area contributed by atoms with Crippen LogP contribution in [0.25, 0.3) is 32.7 Å². The molecular weight excluding hydrogens is 560 g/mol. The molecule has 0 heterocycles. The van der Waals surface area contributed by atoms with Crippen molar-refractivity contribution in [1.29, 1.82) is 0 Å². The minimum absolute atomic E-state index is 0.0458. The third-order valence-corrected chi connectivity index (χ3v) is 6.38. The second-order valence-electron chi connectivity index (χ2n) is 10.4. The maximum Gasteiger partial charge on any atom is 0.338 e. The van der Waals surface area contributed by atoms with Gasteiger partial charge in [-0.05, 0) is 90.7 Å². The van der Waals surface area contributed by atoms with Crippen LogP contribution in [0.5, 0.6) is 23.0 Å². The maximum atomic E-state index is 12.4. The highest BCUT2D eigenvalue weighted by molar-refractivity contribution is 6.10. The Balaban J connectivity index is 1.81. The van der Waals surface area contributed by atoms with Crippen LogP contribution in [0.15, 0.2) is 109 Å². The standard InChI is InChI=1S/C36H30O8/c1-19(2)33(37)41-29-14-12-24(16-30(29)42-34(38)20(3)4)23-11-13-27-25(15-23)9-10-26-17-31(43-35(39)21(5)6)32(18-28(26)27)44-36(40)22(7)8/h9-18H,1,3,5,7H2,2,4,6,8H3. The van der Waals surface area contributed by atoms with Gasteiger partial charge in [0.15, 0.2) is 23.0 Å². The Morgan fingerprint density at radius 1 is 0.432 bits per heavy atom. The smallest absolute Gasteiger partial charge is 0.338 e. The van der Waals surface area contributed by atoms with Gasteiger partial charge in [-0.3, -0.25) is 0 Å². The number of ether oxygens (including phenoxy) is 4. The fraction of sp³-hybridized carbons (Fsp3) is 0.111. The van der Waals surface area contributed by atoms with Gasteiger partial charge in [0.1, 0.15) is 0 Å². The Kier molecular flexibility index (Phi) is 8.95. The zero-order valence-electron chi connectivity index (χ0n) is 24.9. The molecule has 0 aliphatic heterocycles. The molecule has 0 spiro atoms. The summed E-state index contributed by atoms with van der Waals surface area (Å²) in [5.74, 6) is -2.42. The van der Waals surface area contributed by atoms with Crippen LogP contribution in [-0.2, 0) is 19.2 Å². The van der Waals surface area contributed by atoms with E-state index < -0.39 is 23.9 Å². The van der Waals surface area contributed by atoms with Crippen LogP contribution in [0.4, 0.5) is 0 Å². The van der Waals surface area contributed by atoms with E-state index in [0.717, 1.165) is 27.1 Å². The summed E-state index contributed by atoms with van der Waals surface area (Å²) < 4.78 is 21.8. The minimum Gasteiger partial charge on any atom is -0.419 e. The molecule has 8 nitrogen and oxygen atoms in total. The number of rotatable bonds is 9. The fourth-order valence-electron chi connectivity index (χ4n) is 4.01. The van der Waals surface area contributed by atoms with Gasteiger partial charge in [0.05, 0.1) is 0 Å². The van der Waals surface area contributed by atoms with Gasteiger partial charge >= 0.3 is 23.9 Å². The van der Waals surface area contributed by atoms with E-state index in [-0.39, 0.29) is 45.3 Å². The molecule has 0 atom stereocenters. The highest BCUT2D eigenvalue weighted by Crippen LogP contribution is 2.39. The van der Waals surface area contributed by atoms with Crippen molar-refractivity contribution >= 4 is 45.4 Å². The molecule has 4 aromatic rings. The Morgan fingerprint density at radius 2 is 0.818 bits per heavy atom. The number of hydrogen-bond acceptors (Lipinski definition) is 8. The number of carbonyl (C=O) groups excluding carboxylic acids is 4. The molecule has 222 valence electrons. The first kappa shape index (κ1) is 31.2. The van der Waals surface area contributed by atoms with Crippen LogP contribution in [0, 0.1) is 0 Å². The summed E-state index contributed by atoms with van der Waals surface area (Å²) in [6.07, 6.45) is 0. The van der Waals surface area contributed by atoms with Crippen LogP contribution in [-0.4, -0.2) is 23.9 Å². The summed E-state index contributed by atoms with van der Waals surface area (Å²) in [6.45, 7) is 20.5. The number of benzene rings is 4. The highest BCUT2D eigenvalue weighted by Gasteiger charge is 2.19. The van der Waals surface area contributed by atoms with Gasteiger partial charge in [-0.25, -0.2) is 19.2 Å². The Morgan fingerprint density at radius 3 is 1.32 bits per heavy atom. The van der Waals surface area contributed by atoms with Crippen molar-refractivity contribution in [2.75, 3.05) is 0 Å². The quantitative estimate of drug-likeness (QED) is 0.0850. The topological polar surface area (TPSA) is 105 Å². The second-order valence-corrected chi connectivity index (χ2v) is 10.4. The predicted octanol–water partition coefficient (Wildman–Crippen LogP) is 7.59. The molecule has 0 saturated carbocycles. The molecule has 0 amide bonds. The van der Waals surface area contributed by atoms with Crippen LogP contribution >= 0.6 is 0 Å². The van der Waals surface area contributed by atoms with Gasteiger partial charge in [0.2, 0.25) is 0 Å². The van der Waals surface area contributed by atoms with E-state index in [4.69, 9.17) is 18.9 Å². The van der Waals surface area contributed by atoms with Crippen molar-refractivity contribution in [3.8, 4) is 34.1 Å². The van der Waals surface area contributed by atoms with Gasteiger partial charge in [0.25, 0.3) is 0 Å². The average Bonchev–Trinajstić information content (AvgIpc) is 2.97. The third-order valence-electron chi connectivity index (χ3n) is 6.38. The van der Waals surface area contributed by atoms with Crippen molar-refractivity contribution < 1.29 is 38.1 Å². The molecule has 4 rings (SSSR count). The van der Waals surface area contributed by atoms with Crippen LogP contribution in [0.2, 0.25) is 0 Å². The zero-order valence-corrected chi connectivity index (χ0v) is 24.9. The molecule has 0 bridgehead atoms. The van der Waals surface area contributed by atoms with Gasteiger partial charge < -0.3 is 18.9 Å². The van der Waals surface area contributed by atoms with Crippen molar-refractivity contribution in [3.63, 3.8) is 0 Å². The summed E-state index contributed by atoms with van der Waals surface area (Å²) in [4.78, 5) is 49.2. The normalized spacial score (nSPS) is 10.5. The molecule has 0 aromatic heterocycles. The van der Waals surface area contributed by atoms with Gasteiger partial charge in [0, 0.05) is 22.3 Å².